The number of hydrogen-bond acceptors (Lipinski definition) is 0. The van der Waals surface area contributed by atoms with Gasteiger partial charge in [-0.15, -0.1) is 0 Å². The van der Waals surface area contributed by atoms with Crippen molar-refractivity contribution < 1.29 is 0 Å². The maximum atomic E-state index is 1.62. The molecule has 0 aromatic heterocycles. The first-order valence-corrected chi connectivity index (χ1v) is 3.93. The lowest BCUT2D eigenvalue weighted by molar-refractivity contribution is 0.354. The fourth-order valence-electron chi connectivity index (χ4n) is 2.93. The van der Waals surface area contributed by atoms with Gasteiger partial charge in [0.2, 0.25) is 0 Å². The van der Waals surface area contributed by atoms with Crippen LogP contribution in [-0.4, -0.2) is 0 Å². The van der Waals surface area contributed by atoms with Crippen molar-refractivity contribution in [2.75, 3.05) is 0 Å². The Kier molecular flexibility index (Phi) is 0.427. The molecule has 0 aromatic carbocycles. The summed E-state index contributed by atoms with van der Waals surface area (Å²) in [5.41, 5.74) is 1.01. The lowest BCUT2D eigenvalue weighted by atomic mass is 9.89. The molecule has 3 fully saturated rings. The number of hydrogen-bond donors (Lipinski definition) is 0. The lowest BCUT2D eigenvalue weighted by Gasteiger charge is -2.16. The van der Waals surface area contributed by atoms with Crippen molar-refractivity contribution in [2.24, 2.45) is 17.3 Å². The summed E-state index contributed by atoms with van der Waals surface area (Å²) in [6.45, 7) is 0. The highest BCUT2D eigenvalue weighted by Gasteiger charge is 2.77. The summed E-state index contributed by atoms with van der Waals surface area (Å²) in [7, 11) is 0. The molecule has 0 bridgehead atoms. The second-order valence-corrected chi connectivity index (χ2v) is 3.90. The van der Waals surface area contributed by atoms with Crippen LogP contribution in [0.5, 0.6) is 0 Å². The Balaban J connectivity index is 1.90. The summed E-state index contributed by atoms with van der Waals surface area (Å²) in [4.78, 5) is 0. The van der Waals surface area contributed by atoms with E-state index in [9.17, 15) is 0 Å². The first-order valence-electron chi connectivity index (χ1n) is 3.93. The first kappa shape index (κ1) is 3.92. The highest BCUT2D eigenvalue weighted by molar-refractivity contribution is 5.25. The molecule has 3 rings (SSSR count). The van der Waals surface area contributed by atoms with Crippen LogP contribution in [0, 0.1) is 17.3 Å². The van der Waals surface area contributed by atoms with E-state index >= 15 is 0 Å². The van der Waals surface area contributed by atoms with Crippen molar-refractivity contribution in [1.29, 1.82) is 0 Å². The normalized spacial score (nSPS) is 66.0. The Bertz CT molecular complexity index is 139. The van der Waals surface area contributed by atoms with E-state index in [0.717, 1.165) is 5.41 Å². The summed E-state index contributed by atoms with van der Waals surface area (Å²) in [6.07, 6.45) is 7.90. The van der Waals surface area contributed by atoms with Crippen LogP contribution in [0.3, 0.4) is 0 Å². The third-order valence-corrected chi connectivity index (χ3v) is 3.70. The van der Waals surface area contributed by atoms with Gasteiger partial charge in [-0.25, -0.2) is 0 Å². The molecule has 0 aromatic rings. The van der Waals surface area contributed by atoms with Gasteiger partial charge in [0, 0.05) is 0 Å². The lowest BCUT2D eigenvalue weighted by Crippen LogP contribution is -2.04. The summed E-state index contributed by atoms with van der Waals surface area (Å²) in [6, 6.07) is 0. The molecule has 0 nitrogen and oxygen atoms in total. The molecule has 0 N–H and O–H groups in total. The van der Waals surface area contributed by atoms with Crippen molar-refractivity contribution in [2.45, 2.75) is 32.1 Å². The molecular weight excluding hydrogens is 96.1 g/mol. The van der Waals surface area contributed by atoms with Crippen molar-refractivity contribution in [3.05, 3.63) is 0 Å². The van der Waals surface area contributed by atoms with Gasteiger partial charge in [0.25, 0.3) is 0 Å². The zero-order valence-electron chi connectivity index (χ0n) is 5.19. The van der Waals surface area contributed by atoms with Gasteiger partial charge < -0.3 is 0 Å². The van der Waals surface area contributed by atoms with Gasteiger partial charge in [0.15, 0.2) is 0 Å². The molecule has 3 aliphatic rings. The fraction of sp³-hybridized carbons (Fsp3) is 1.00. The van der Waals surface area contributed by atoms with Crippen LogP contribution in [-0.2, 0) is 0 Å². The minimum atomic E-state index is 1.01. The van der Waals surface area contributed by atoms with Gasteiger partial charge >= 0.3 is 0 Å². The first-order chi connectivity index (χ1) is 3.93. The molecule has 3 aliphatic carbocycles. The van der Waals surface area contributed by atoms with E-state index in [1.807, 2.05) is 0 Å². The standard InChI is InChI=1S/C8H12/c1-2-4-8-5-7(8)6(8)3-1/h6-7H,1-5H2. The average Bonchev–Trinajstić information content (AvgIpc) is 2.52. The zero-order valence-corrected chi connectivity index (χ0v) is 5.19. The molecule has 3 atom stereocenters. The maximum absolute atomic E-state index is 1.62. The van der Waals surface area contributed by atoms with E-state index in [-0.39, 0.29) is 0 Å². The molecule has 0 amide bonds. The Morgan fingerprint density at radius 3 is 2.62 bits per heavy atom. The molecule has 3 unspecified atom stereocenters. The minimum Gasteiger partial charge on any atom is -0.0530 e. The molecule has 44 valence electrons. The van der Waals surface area contributed by atoms with Crippen LogP contribution in [0.1, 0.15) is 32.1 Å². The van der Waals surface area contributed by atoms with Gasteiger partial charge in [-0.05, 0) is 36.5 Å². The molecular formula is C8H12. The second-order valence-electron chi connectivity index (χ2n) is 3.90. The number of fused-ring (bicyclic) bond motifs is 1. The van der Waals surface area contributed by atoms with Gasteiger partial charge in [-0.1, -0.05) is 12.8 Å². The Hall–Kier alpha value is 0. The van der Waals surface area contributed by atoms with Crippen LogP contribution in [0.25, 0.3) is 0 Å². The van der Waals surface area contributed by atoms with Gasteiger partial charge in [0.1, 0.15) is 0 Å². The van der Waals surface area contributed by atoms with Crippen molar-refractivity contribution >= 4 is 0 Å². The van der Waals surface area contributed by atoms with Gasteiger partial charge in [0.05, 0.1) is 0 Å². The van der Waals surface area contributed by atoms with E-state index in [1.165, 1.54) is 11.8 Å². The molecule has 0 heteroatoms. The largest absolute Gasteiger partial charge is 0.0530 e. The second kappa shape index (κ2) is 0.872. The van der Waals surface area contributed by atoms with Crippen LogP contribution < -0.4 is 0 Å². The van der Waals surface area contributed by atoms with Crippen LogP contribution >= 0.6 is 0 Å². The molecule has 0 aliphatic heterocycles. The highest BCUT2D eigenvalue weighted by Crippen LogP contribution is 2.84. The predicted octanol–water partition coefficient (Wildman–Crippen LogP) is 2.20. The smallest absolute Gasteiger partial charge is 0.0232 e. The van der Waals surface area contributed by atoms with Gasteiger partial charge in [-0.3, -0.25) is 0 Å². The topological polar surface area (TPSA) is 0 Å². The molecule has 3 saturated carbocycles. The monoisotopic (exact) mass is 108 g/mol. The summed E-state index contributed by atoms with van der Waals surface area (Å²) < 4.78 is 0. The third kappa shape index (κ3) is 0.240. The van der Waals surface area contributed by atoms with Crippen LogP contribution in [0.15, 0.2) is 0 Å². The molecule has 1 spiro atoms. The van der Waals surface area contributed by atoms with Crippen LogP contribution in [0.2, 0.25) is 0 Å². The Morgan fingerprint density at radius 2 is 2.12 bits per heavy atom. The molecule has 0 radical (unpaired) electrons. The number of rotatable bonds is 0. The molecule has 0 heterocycles. The maximum Gasteiger partial charge on any atom is -0.0232 e. The van der Waals surface area contributed by atoms with Crippen molar-refractivity contribution in [1.82, 2.24) is 0 Å². The Morgan fingerprint density at radius 1 is 1.12 bits per heavy atom. The molecule has 8 heavy (non-hydrogen) atoms. The van der Waals surface area contributed by atoms with E-state index in [0.29, 0.717) is 0 Å². The Labute approximate surface area is 50.3 Å². The third-order valence-electron chi connectivity index (χ3n) is 3.70. The predicted molar refractivity (Wildman–Crippen MR) is 32.5 cm³/mol. The van der Waals surface area contributed by atoms with Crippen molar-refractivity contribution in [3.63, 3.8) is 0 Å². The van der Waals surface area contributed by atoms with Crippen molar-refractivity contribution in [3.8, 4) is 0 Å². The van der Waals surface area contributed by atoms with Gasteiger partial charge in [-0.2, -0.15) is 0 Å². The summed E-state index contributed by atoms with van der Waals surface area (Å²) >= 11 is 0. The summed E-state index contributed by atoms with van der Waals surface area (Å²) in [5.74, 6) is 2.50. The SMILES string of the molecule is C1CCC23CC2C3C1. The zero-order chi connectivity index (χ0) is 5.19. The highest BCUT2D eigenvalue weighted by atomic mass is 14.8. The average molecular weight is 108 g/mol. The molecule has 0 saturated heterocycles. The van der Waals surface area contributed by atoms with E-state index in [2.05, 4.69) is 0 Å². The quantitative estimate of drug-likeness (QED) is 0.446. The van der Waals surface area contributed by atoms with Crippen LogP contribution in [0.4, 0.5) is 0 Å². The van der Waals surface area contributed by atoms with E-state index in [4.69, 9.17) is 0 Å². The minimum absolute atomic E-state index is 1.01. The summed E-state index contributed by atoms with van der Waals surface area (Å²) in [5, 5.41) is 0. The van der Waals surface area contributed by atoms with E-state index < -0.39 is 0 Å². The fourth-order valence-corrected chi connectivity index (χ4v) is 2.93. The van der Waals surface area contributed by atoms with E-state index in [1.54, 1.807) is 32.1 Å².